The fourth-order valence-corrected chi connectivity index (χ4v) is 4.71. The van der Waals surface area contributed by atoms with Crippen LogP contribution < -0.4 is 4.74 Å². The third-order valence-electron chi connectivity index (χ3n) is 6.66. The van der Waals surface area contributed by atoms with Gasteiger partial charge >= 0.3 is 12.1 Å². The summed E-state index contributed by atoms with van der Waals surface area (Å²) < 4.78 is 17.2. The number of carbonyl (C=O) groups excluding carboxylic acids is 2. The summed E-state index contributed by atoms with van der Waals surface area (Å²) in [6.07, 6.45) is 1.18. The van der Waals surface area contributed by atoms with Gasteiger partial charge in [0, 0.05) is 17.3 Å². The highest BCUT2D eigenvalue weighted by Crippen LogP contribution is 2.36. The van der Waals surface area contributed by atoms with Crippen molar-refractivity contribution in [1.82, 2.24) is 9.88 Å². The van der Waals surface area contributed by atoms with Crippen LogP contribution in [0.3, 0.4) is 0 Å². The maximum Gasteiger partial charge on any atom is 0.411 e. The zero-order valence-corrected chi connectivity index (χ0v) is 21.9. The zero-order valence-electron chi connectivity index (χ0n) is 21.9. The van der Waals surface area contributed by atoms with Crippen molar-refractivity contribution >= 4 is 12.1 Å². The molecule has 2 unspecified atom stereocenters. The molecule has 1 aromatic heterocycles. The number of hydrogen-bond donors (Lipinski definition) is 0. The molecule has 1 saturated heterocycles. The predicted octanol–water partition coefficient (Wildman–Crippen LogP) is 6.73. The van der Waals surface area contributed by atoms with E-state index >= 15 is 0 Å². The lowest BCUT2D eigenvalue weighted by molar-refractivity contribution is -0.142. The predicted molar refractivity (Wildman–Crippen MR) is 147 cm³/mol. The molecular formula is C32H30N2O5. The first-order chi connectivity index (χ1) is 19.0. The van der Waals surface area contributed by atoms with Gasteiger partial charge < -0.3 is 14.2 Å². The summed E-state index contributed by atoms with van der Waals surface area (Å²) in [6, 6.07) is 28.5. The van der Waals surface area contributed by atoms with E-state index in [-0.39, 0.29) is 30.6 Å². The van der Waals surface area contributed by atoms with E-state index in [1.165, 1.54) is 0 Å². The molecule has 4 aromatic rings. The summed E-state index contributed by atoms with van der Waals surface area (Å²) in [5.74, 6) is 0.901. The number of pyridine rings is 1. The first-order valence-corrected chi connectivity index (χ1v) is 13.0. The molecule has 39 heavy (non-hydrogen) atoms. The van der Waals surface area contributed by atoms with Crippen LogP contribution in [0.15, 0.2) is 97.2 Å². The second-order valence-electron chi connectivity index (χ2n) is 9.35. The summed E-state index contributed by atoms with van der Waals surface area (Å²) in [4.78, 5) is 31.2. The van der Waals surface area contributed by atoms with E-state index < -0.39 is 0 Å². The maximum absolute atomic E-state index is 13.0. The molecule has 2 atom stereocenters. The number of hydrogen-bond acceptors (Lipinski definition) is 6. The normalized spacial score (nSPS) is 16.6. The molecule has 7 heteroatoms. The number of ether oxygens (including phenoxy) is 3. The molecule has 198 valence electrons. The van der Waals surface area contributed by atoms with Gasteiger partial charge in [0.2, 0.25) is 0 Å². The summed E-state index contributed by atoms with van der Waals surface area (Å²) >= 11 is 0. The average Bonchev–Trinajstić information content (AvgIpc) is 3.23. The average molecular weight is 523 g/mol. The van der Waals surface area contributed by atoms with Gasteiger partial charge in [-0.15, -0.1) is 0 Å². The zero-order chi connectivity index (χ0) is 27.2. The van der Waals surface area contributed by atoms with Crippen LogP contribution in [-0.4, -0.2) is 34.6 Å². The summed E-state index contributed by atoms with van der Waals surface area (Å²) in [6.45, 7) is 4.41. The lowest BCUT2D eigenvalue weighted by Crippen LogP contribution is -2.31. The molecule has 0 saturated carbocycles. The number of esters is 1. The Balaban J connectivity index is 1.44. The van der Waals surface area contributed by atoms with Crippen molar-refractivity contribution in [1.29, 1.82) is 0 Å². The summed E-state index contributed by atoms with van der Waals surface area (Å²) in [7, 11) is 0. The van der Waals surface area contributed by atoms with Crippen LogP contribution in [0, 0.1) is 0 Å². The van der Waals surface area contributed by atoms with Crippen LogP contribution >= 0.6 is 0 Å². The Morgan fingerprint density at radius 2 is 1.79 bits per heavy atom. The van der Waals surface area contributed by atoms with Crippen LogP contribution in [0.2, 0.25) is 0 Å². The van der Waals surface area contributed by atoms with Gasteiger partial charge in [0.25, 0.3) is 0 Å². The third kappa shape index (κ3) is 6.09. The molecule has 1 fully saturated rings. The van der Waals surface area contributed by atoms with Crippen LogP contribution in [0.1, 0.15) is 36.6 Å². The van der Waals surface area contributed by atoms with Gasteiger partial charge in [0.15, 0.2) is 0 Å². The monoisotopic (exact) mass is 522 g/mol. The van der Waals surface area contributed by atoms with Crippen LogP contribution in [0.4, 0.5) is 4.79 Å². The molecule has 0 spiro atoms. The molecule has 1 amide bonds. The highest BCUT2D eigenvalue weighted by molar-refractivity contribution is 5.73. The minimum Gasteiger partial charge on any atom is -0.466 e. The Kier molecular flexibility index (Phi) is 7.87. The van der Waals surface area contributed by atoms with E-state index in [0.717, 1.165) is 27.9 Å². The van der Waals surface area contributed by atoms with Gasteiger partial charge in [-0.25, -0.2) is 4.79 Å². The van der Waals surface area contributed by atoms with Crippen molar-refractivity contribution in [2.45, 2.75) is 39.0 Å². The Morgan fingerprint density at radius 1 is 0.974 bits per heavy atom. The summed E-state index contributed by atoms with van der Waals surface area (Å²) in [5, 5.41) is 0. The van der Waals surface area contributed by atoms with E-state index in [9.17, 15) is 9.59 Å². The van der Waals surface area contributed by atoms with Gasteiger partial charge in [0.1, 0.15) is 17.6 Å². The van der Waals surface area contributed by atoms with Crippen molar-refractivity contribution in [3.05, 3.63) is 114 Å². The van der Waals surface area contributed by atoms with Crippen LogP contribution in [-0.2, 0) is 27.2 Å². The lowest BCUT2D eigenvalue weighted by atomic mass is 10.0. The number of cyclic esters (lactones) is 1. The quantitative estimate of drug-likeness (QED) is 0.227. The van der Waals surface area contributed by atoms with E-state index in [0.29, 0.717) is 24.7 Å². The summed E-state index contributed by atoms with van der Waals surface area (Å²) in [5.41, 5.74) is 4.29. The first kappa shape index (κ1) is 26.0. The molecule has 0 N–H and O–H groups in total. The maximum atomic E-state index is 13.0. The number of aromatic nitrogens is 1. The molecule has 0 aliphatic carbocycles. The van der Waals surface area contributed by atoms with Crippen molar-refractivity contribution in [2.24, 2.45) is 0 Å². The standard InChI is InChI=1S/C32H30N2O5/c1-3-37-30(35)19-23-10-9-13-27(18-23)38-29-16-15-25(28-14-7-8-17-33-28)20-26(29)21-34-22(2)31(39-32(34)36)24-11-5-4-6-12-24/h4-18,20,22,31H,3,19,21H2,1-2H3. The Bertz CT molecular complexity index is 1440. The first-order valence-electron chi connectivity index (χ1n) is 13.0. The van der Waals surface area contributed by atoms with Crippen LogP contribution in [0.25, 0.3) is 11.3 Å². The van der Waals surface area contributed by atoms with E-state index in [2.05, 4.69) is 4.98 Å². The van der Waals surface area contributed by atoms with E-state index in [1.54, 1.807) is 18.0 Å². The third-order valence-corrected chi connectivity index (χ3v) is 6.66. The molecule has 2 heterocycles. The van der Waals surface area contributed by atoms with Crippen molar-refractivity contribution in [3.8, 4) is 22.8 Å². The molecular weight excluding hydrogens is 492 g/mol. The molecule has 0 bridgehead atoms. The largest absolute Gasteiger partial charge is 0.466 e. The number of amides is 1. The van der Waals surface area contributed by atoms with Gasteiger partial charge in [-0.2, -0.15) is 0 Å². The van der Waals surface area contributed by atoms with Crippen LogP contribution in [0.5, 0.6) is 11.5 Å². The second kappa shape index (κ2) is 11.8. The lowest BCUT2D eigenvalue weighted by Gasteiger charge is -2.23. The Hall–Kier alpha value is -4.65. The van der Waals surface area contributed by atoms with Crippen molar-refractivity contribution < 1.29 is 23.8 Å². The highest BCUT2D eigenvalue weighted by atomic mass is 16.6. The minimum absolute atomic E-state index is 0.161. The Morgan fingerprint density at radius 3 is 2.56 bits per heavy atom. The van der Waals surface area contributed by atoms with Gasteiger partial charge in [0.05, 0.1) is 31.3 Å². The SMILES string of the molecule is CCOC(=O)Cc1cccc(Oc2ccc(-c3ccccn3)cc2CN2C(=O)OC(c3ccccc3)C2C)c1. The van der Waals surface area contributed by atoms with Crippen molar-refractivity contribution in [2.75, 3.05) is 6.61 Å². The fourth-order valence-electron chi connectivity index (χ4n) is 4.71. The molecule has 0 radical (unpaired) electrons. The fraction of sp³-hybridized carbons (Fsp3) is 0.219. The number of carbonyl (C=O) groups is 2. The minimum atomic E-state index is -0.373. The molecule has 5 rings (SSSR count). The van der Waals surface area contributed by atoms with Gasteiger partial charge in [-0.05, 0) is 67.4 Å². The highest BCUT2D eigenvalue weighted by Gasteiger charge is 2.39. The van der Waals surface area contributed by atoms with E-state index in [4.69, 9.17) is 14.2 Å². The molecule has 1 aliphatic rings. The van der Waals surface area contributed by atoms with Gasteiger partial charge in [-0.3, -0.25) is 14.7 Å². The number of rotatable bonds is 9. The van der Waals surface area contributed by atoms with E-state index in [1.807, 2.05) is 97.9 Å². The second-order valence-corrected chi connectivity index (χ2v) is 9.35. The smallest absolute Gasteiger partial charge is 0.411 e. The molecule has 3 aromatic carbocycles. The number of benzene rings is 3. The topological polar surface area (TPSA) is 78.0 Å². The van der Waals surface area contributed by atoms with Crippen molar-refractivity contribution in [3.63, 3.8) is 0 Å². The Labute approximate surface area is 228 Å². The molecule has 1 aliphatic heterocycles. The number of nitrogens with zero attached hydrogens (tertiary/aromatic N) is 2. The molecule has 7 nitrogen and oxygen atoms in total. The van der Waals surface area contributed by atoms with Gasteiger partial charge in [-0.1, -0.05) is 48.5 Å².